The second-order valence-electron chi connectivity index (χ2n) is 3.88. The van der Waals surface area contributed by atoms with Crippen molar-refractivity contribution < 1.29 is 4.92 Å². The van der Waals surface area contributed by atoms with Crippen molar-refractivity contribution in [2.45, 2.75) is 6.92 Å². The van der Waals surface area contributed by atoms with Gasteiger partial charge in [0.2, 0.25) is 0 Å². The molecule has 0 fully saturated rings. The summed E-state index contributed by atoms with van der Waals surface area (Å²) < 4.78 is 1.77. The Morgan fingerprint density at radius 1 is 1.47 bits per heavy atom. The number of nitro benzene ring substituents is 1. The highest BCUT2D eigenvalue weighted by molar-refractivity contribution is 5.64. The largest absolute Gasteiger partial charge is 0.307 e. The van der Waals surface area contributed by atoms with E-state index in [0.717, 1.165) is 5.82 Å². The predicted molar refractivity (Wildman–Crippen MR) is 75.4 cm³/mol. The summed E-state index contributed by atoms with van der Waals surface area (Å²) in [4.78, 5) is 14.8. The van der Waals surface area contributed by atoms with Crippen LogP contribution >= 0.6 is 0 Å². The van der Waals surface area contributed by atoms with Crippen LogP contribution < -0.4 is 0 Å². The summed E-state index contributed by atoms with van der Waals surface area (Å²) in [5.74, 6) is 0.735. The van der Waals surface area contributed by atoms with E-state index in [4.69, 9.17) is 0 Å². The molecule has 0 unspecified atom stereocenters. The molecule has 2 rings (SSSR count). The van der Waals surface area contributed by atoms with Gasteiger partial charge in [-0.25, -0.2) is 4.98 Å². The number of non-ortho nitro benzene ring substituents is 1. The summed E-state index contributed by atoms with van der Waals surface area (Å²) in [5, 5.41) is 10.8. The van der Waals surface area contributed by atoms with Crippen LogP contribution in [0.25, 0.3) is 23.5 Å². The second kappa shape index (κ2) is 5.30. The minimum Gasteiger partial charge on any atom is -0.307 e. The smallest absolute Gasteiger partial charge is 0.270 e. The molecule has 0 aliphatic carbocycles. The van der Waals surface area contributed by atoms with Crippen LogP contribution in [-0.2, 0) is 0 Å². The molecule has 0 amide bonds. The van der Waals surface area contributed by atoms with E-state index in [-0.39, 0.29) is 5.69 Å². The van der Waals surface area contributed by atoms with Crippen molar-refractivity contribution in [1.82, 2.24) is 9.55 Å². The standard InChI is InChI=1S/C14H13N3O2/c1-3-6-14-15-13(10-16(14)4-2)11-7-5-8-12(9-11)17(18)19/h3-10H,2H2,1H3/b6-3-. The number of aromatic nitrogens is 2. The minimum absolute atomic E-state index is 0.0539. The number of benzene rings is 1. The molecule has 0 saturated carbocycles. The lowest BCUT2D eigenvalue weighted by Gasteiger charge is -1.96. The summed E-state index contributed by atoms with van der Waals surface area (Å²) in [6.45, 7) is 5.61. The van der Waals surface area contributed by atoms with Crippen LogP contribution in [0.3, 0.4) is 0 Å². The predicted octanol–water partition coefficient (Wildman–Crippen LogP) is 3.59. The zero-order valence-electron chi connectivity index (χ0n) is 10.5. The summed E-state index contributed by atoms with van der Waals surface area (Å²) in [7, 11) is 0. The molecule has 0 saturated heterocycles. The van der Waals surface area contributed by atoms with E-state index >= 15 is 0 Å². The maximum absolute atomic E-state index is 10.8. The van der Waals surface area contributed by atoms with Crippen LogP contribution in [0.15, 0.2) is 43.1 Å². The topological polar surface area (TPSA) is 61.0 Å². The maximum Gasteiger partial charge on any atom is 0.270 e. The highest BCUT2D eigenvalue weighted by atomic mass is 16.6. The van der Waals surface area contributed by atoms with Crippen LogP contribution in [0.5, 0.6) is 0 Å². The van der Waals surface area contributed by atoms with E-state index in [1.54, 1.807) is 29.1 Å². The third-order valence-corrected chi connectivity index (χ3v) is 2.63. The molecule has 1 aromatic heterocycles. The molecule has 0 bridgehead atoms. The Bertz CT molecular complexity index is 656. The third kappa shape index (κ3) is 2.60. The summed E-state index contributed by atoms with van der Waals surface area (Å²) in [6, 6.07) is 6.41. The number of rotatable bonds is 4. The van der Waals surface area contributed by atoms with Gasteiger partial charge in [-0.1, -0.05) is 24.8 Å². The highest BCUT2D eigenvalue weighted by Gasteiger charge is 2.10. The van der Waals surface area contributed by atoms with Gasteiger partial charge in [-0.3, -0.25) is 10.1 Å². The second-order valence-corrected chi connectivity index (χ2v) is 3.88. The Kier molecular flexibility index (Phi) is 3.56. The lowest BCUT2D eigenvalue weighted by molar-refractivity contribution is -0.384. The number of nitrogens with zero attached hydrogens (tertiary/aromatic N) is 3. The van der Waals surface area contributed by atoms with Gasteiger partial charge in [-0.15, -0.1) is 0 Å². The van der Waals surface area contributed by atoms with Crippen molar-refractivity contribution in [3.05, 3.63) is 59.1 Å². The Morgan fingerprint density at radius 2 is 2.26 bits per heavy atom. The van der Waals surface area contributed by atoms with Gasteiger partial charge >= 0.3 is 0 Å². The van der Waals surface area contributed by atoms with Gasteiger partial charge < -0.3 is 4.57 Å². The molecule has 0 aliphatic heterocycles. The Balaban J connectivity index is 2.50. The van der Waals surface area contributed by atoms with Crippen LogP contribution in [0.2, 0.25) is 0 Å². The van der Waals surface area contributed by atoms with Crippen molar-refractivity contribution in [2.24, 2.45) is 0 Å². The van der Waals surface area contributed by atoms with Crippen LogP contribution in [0.4, 0.5) is 5.69 Å². The van der Waals surface area contributed by atoms with E-state index in [9.17, 15) is 10.1 Å². The highest BCUT2D eigenvalue weighted by Crippen LogP contribution is 2.23. The Labute approximate surface area is 110 Å². The monoisotopic (exact) mass is 255 g/mol. The van der Waals surface area contributed by atoms with Gasteiger partial charge in [0.25, 0.3) is 5.69 Å². The van der Waals surface area contributed by atoms with Crippen molar-refractivity contribution in [3.63, 3.8) is 0 Å². The van der Waals surface area contributed by atoms with E-state index < -0.39 is 4.92 Å². The first-order chi connectivity index (χ1) is 9.15. The van der Waals surface area contributed by atoms with Crippen LogP contribution in [0.1, 0.15) is 12.7 Å². The van der Waals surface area contributed by atoms with Crippen molar-refractivity contribution in [2.75, 3.05) is 0 Å². The molecule has 2 aromatic rings. The Morgan fingerprint density at radius 3 is 2.89 bits per heavy atom. The summed E-state index contributed by atoms with van der Waals surface area (Å²) >= 11 is 0. The molecule has 0 atom stereocenters. The molecule has 1 aromatic carbocycles. The molecule has 19 heavy (non-hydrogen) atoms. The quantitative estimate of drug-likeness (QED) is 0.619. The van der Waals surface area contributed by atoms with Gasteiger partial charge in [-0.2, -0.15) is 0 Å². The normalized spacial score (nSPS) is 10.8. The molecule has 0 aliphatic rings. The van der Waals surface area contributed by atoms with Crippen LogP contribution in [-0.4, -0.2) is 14.5 Å². The van der Waals surface area contributed by atoms with Gasteiger partial charge in [0.15, 0.2) is 0 Å². The number of nitro groups is 1. The number of hydrogen-bond acceptors (Lipinski definition) is 3. The first kappa shape index (κ1) is 12.8. The lowest BCUT2D eigenvalue weighted by atomic mass is 10.1. The first-order valence-electron chi connectivity index (χ1n) is 5.74. The van der Waals surface area contributed by atoms with E-state index in [0.29, 0.717) is 11.3 Å². The van der Waals surface area contributed by atoms with Gasteiger partial charge in [0.1, 0.15) is 5.82 Å². The Hall–Kier alpha value is -2.69. The van der Waals surface area contributed by atoms with Gasteiger partial charge in [0.05, 0.1) is 10.6 Å². The zero-order valence-corrected chi connectivity index (χ0v) is 10.5. The fourth-order valence-electron chi connectivity index (χ4n) is 1.74. The molecular weight excluding hydrogens is 242 g/mol. The van der Waals surface area contributed by atoms with Crippen molar-refractivity contribution in [1.29, 1.82) is 0 Å². The SMILES string of the molecule is C=Cn1cc(-c2cccc([N+](=O)[O-])c2)nc1/C=C\C. The average Bonchev–Trinajstić information content (AvgIpc) is 2.82. The molecule has 96 valence electrons. The molecule has 5 heteroatoms. The average molecular weight is 255 g/mol. The van der Waals surface area contributed by atoms with E-state index in [1.807, 2.05) is 19.1 Å². The minimum atomic E-state index is -0.416. The zero-order chi connectivity index (χ0) is 13.8. The number of allylic oxidation sites excluding steroid dienone is 1. The van der Waals surface area contributed by atoms with Crippen molar-refractivity contribution in [3.8, 4) is 11.3 Å². The molecule has 0 spiro atoms. The van der Waals surface area contributed by atoms with Gasteiger partial charge in [0, 0.05) is 30.1 Å². The van der Waals surface area contributed by atoms with Gasteiger partial charge in [-0.05, 0) is 13.0 Å². The molecular formula is C14H13N3O2. The third-order valence-electron chi connectivity index (χ3n) is 2.63. The van der Waals surface area contributed by atoms with Crippen molar-refractivity contribution >= 4 is 18.0 Å². The first-order valence-corrected chi connectivity index (χ1v) is 5.74. The number of imidazole rings is 1. The summed E-state index contributed by atoms with van der Waals surface area (Å²) in [6.07, 6.45) is 7.16. The lowest BCUT2D eigenvalue weighted by Crippen LogP contribution is -1.88. The molecule has 5 nitrogen and oxygen atoms in total. The fraction of sp³-hybridized carbons (Fsp3) is 0.0714. The number of hydrogen-bond donors (Lipinski definition) is 0. The maximum atomic E-state index is 10.8. The summed E-state index contributed by atoms with van der Waals surface area (Å²) in [5.41, 5.74) is 1.44. The fourth-order valence-corrected chi connectivity index (χ4v) is 1.74. The molecule has 0 N–H and O–H groups in total. The van der Waals surface area contributed by atoms with Crippen LogP contribution in [0, 0.1) is 10.1 Å². The van der Waals surface area contributed by atoms with E-state index in [2.05, 4.69) is 11.6 Å². The van der Waals surface area contributed by atoms with E-state index in [1.165, 1.54) is 12.1 Å². The molecule has 1 heterocycles. The molecule has 0 radical (unpaired) electrons.